The van der Waals surface area contributed by atoms with E-state index < -0.39 is 0 Å². The van der Waals surface area contributed by atoms with Gasteiger partial charge < -0.3 is 14.6 Å². The van der Waals surface area contributed by atoms with Crippen LogP contribution >= 0.6 is 46.6 Å². The fourth-order valence-corrected chi connectivity index (χ4v) is 3.95. The molecule has 0 aliphatic carbocycles. The van der Waals surface area contributed by atoms with Gasteiger partial charge >= 0.3 is 0 Å². The summed E-state index contributed by atoms with van der Waals surface area (Å²) in [6.45, 7) is 3.80. The molecule has 3 aromatic rings. The second kappa shape index (κ2) is 9.92. The highest BCUT2D eigenvalue weighted by atomic mass is 35.5. The molecular formula is C20H19Cl3N4O2S. The number of anilines is 1. The minimum Gasteiger partial charge on any atom is -0.483 e. The van der Waals surface area contributed by atoms with Gasteiger partial charge in [0, 0.05) is 17.1 Å². The zero-order chi connectivity index (χ0) is 21.8. The van der Waals surface area contributed by atoms with E-state index in [-0.39, 0.29) is 17.8 Å². The molecule has 0 saturated heterocycles. The van der Waals surface area contributed by atoms with Crippen molar-refractivity contribution >= 4 is 58.2 Å². The maximum atomic E-state index is 12.3. The Morgan fingerprint density at radius 2 is 1.93 bits per heavy atom. The van der Waals surface area contributed by atoms with Crippen molar-refractivity contribution in [2.75, 3.05) is 11.1 Å². The molecule has 0 aliphatic rings. The van der Waals surface area contributed by atoms with Crippen molar-refractivity contribution in [1.82, 2.24) is 14.8 Å². The van der Waals surface area contributed by atoms with E-state index in [4.69, 9.17) is 39.5 Å². The van der Waals surface area contributed by atoms with Crippen LogP contribution in [-0.4, -0.2) is 26.4 Å². The van der Waals surface area contributed by atoms with Gasteiger partial charge in [-0.1, -0.05) is 46.6 Å². The molecular weight excluding hydrogens is 467 g/mol. The Morgan fingerprint density at radius 1 is 1.17 bits per heavy atom. The third-order valence-electron chi connectivity index (χ3n) is 4.21. The standard InChI is InChI=1S/C20H19Cl3N4O2S/c1-11-8-14(5-6-15(11)22)29-12(2)19-25-26-20(27(19)3)30-10-18(28)24-17-7-4-13(21)9-16(17)23/h4-9,12H,10H2,1-3H3,(H,24,28). The number of nitrogens with zero attached hydrogens (tertiary/aromatic N) is 3. The molecule has 1 atom stereocenters. The first kappa shape index (κ1) is 22.7. The van der Waals surface area contributed by atoms with Crippen LogP contribution in [0.3, 0.4) is 0 Å². The monoisotopic (exact) mass is 484 g/mol. The smallest absolute Gasteiger partial charge is 0.234 e. The number of hydrogen-bond acceptors (Lipinski definition) is 5. The Hall–Kier alpha value is -1.93. The summed E-state index contributed by atoms with van der Waals surface area (Å²) in [6, 6.07) is 10.4. The highest BCUT2D eigenvalue weighted by molar-refractivity contribution is 7.99. The van der Waals surface area contributed by atoms with Gasteiger partial charge in [-0.05, 0) is 55.8 Å². The quantitative estimate of drug-likeness (QED) is 0.418. The Bertz CT molecular complexity index is 1070. The molecule has 0 fully saturated rings. The summed E-state index contributed by atoms with van der Waals surface area (Å²) in [5.74, 6) is 1.28. The number of carbonyl (C=O) groups is 1. The highest BCUT2D eigenvalue weighted by Gasteiger charge is 2.18. The Labute approximate surface area is 193 Å². The Kier molecular flexibility index (Phi) is 7.52. The van der Waals surface area contributed by atoms with Crippen LogP contribution in [-0.2, 0) is 11.8 Å². The number of amides is 1. The average Bonchev–Trinajstić information content (AvgIpc) is 3.06. The first-order valence-electron chi connectivity index (χ1n) is 8.94. The number of ether oxygens (including phenoxy) is 1. The molecule has 3 rings (SSSR count). The maximum Gasteiger partial charge on any atom is 0.234 e. The van der Waals surface area contributed by atoms with E-state index in [9.17, 15) is 4.79 Å². The van der Waals surface area contributed by atoms with Crippen LogP contribution in [0.25, 0.3) is 0 Å². The van der Waals surface area contributed by atoms with Gasteiger partial charge in [-0.25, -0.2) is 0 Å². The zero-order valence-corrected chi connectivity index (χ0v) is 19.5. The number of halogens is 3. The predicted molar refractivity (Wildman–Crippen MR) is 122 cm³/mol. The minimum atomic E-state index is -0.334. The van der Waals surface area contributed by atoms with Crippen molar-refractivity contribution in [2.24, 2.45) is 7.05 Å². The lowest BCUT2D eigenvalue weighted by atomic mass is 10.2. The van der Waals surface area contributed by atoms with Crippen molar-refractivity contribution in [2.45, 2.75) is 25.1 Å². The largest absolute Gasteiger partial charge is 0.483 e. The van der Waals surface area contributed by atoms with Gasteiger partial charge in [-0.3, -0.25) is 4.79 Å². The lowest BCUT2D eigenvalue weighted by Gasteiger charge is -2.15. The second-order valence-corrected chi connectivity index (χ2v) is 8.73. The second-order valence-electron chi connectivity index (χ2n) is 6.53. The van der Waals surface area contributed by atoms with Gasteiger partial charge in [0.15, 0.2) is 17.1 Å². The van der Waals surface area contributed by atoms with Gasteiger partial charge in [-0.2, -0.15) is 0 Å². The van der Waals surface area contributed by atoms with Crippen molar-refractivity contribution in [1.29, 1.82) is 0 Å². The summed E-state index contributed by atoms with van der Waals surface area (Å²) >= 11 is 19.3. The summed E-state index contributed by atoms with van der Waals surface area (Å²) < 4.78 is 7.77. The molecule has 158 valence electrons. The number of aromatic nitrogens is 3. The van der Waals surface area contributed by atoms with Crippen LogP contribution in [0.2, 0.25) is 15.1 Å². The van der Waals surface area contributed by atoms with Gasteiger partial charge in [0.1, 0.15) is 5.75 Å². The summed E-state index contributed by atoms with van der Waals surface area (Å²) in [5, 5.41) is 13.3. The van der Waals surface area contributed by atoms with Crippen molar-refractivity contribution in [3.63, 3.8) is 0 Å². The number of carbonyl (C=O) groups excluding carboxylic acids is 1. The molecule has 10 heteroatoms. The van der Waals surface area contributed by atoms with E-state index in [1.807, 2.05) is 33.0 Å². The lowest BCUT2D eigenvalue weighted by Crippen LogP contribution is -2.15. The van der Waals surface area contributed by atoms with E-state index >= 15 is 0 Å². The molecule has 1 aromatic heterocycles. The average molecular weight is 486 g/mol. The van der Waals surface area contributed by atoms with Gasteiger partial charge in [0.25, 0.3) is 0 Å². The topological polar surface area (TPSA) is 69.0 Å². The fraction of sp³-hybridized carbons (Fsp3) is 0.250. The number of benzene rings is 2. The molecule has 6 nitrogen and oxygen atoms in total. The first-order chi connectivity index (χ1) is 14.2. The SMILES string of the molecule is Cc1cc(OC(C)c2nnc(SCC(=O)Nc3ccc(Cl)cc3Cl)n2C)ccc1Cl. The summed E-state index contributed by atoms with van der Waals surface area (Å²) in [5.41, 5.74) is 1.44. The van der Waals surface area contributed by atoms with Crippen LogP contribution in [0.15, 0.2) is 41.6 Å². The number of aryl methyl sites for hydroxylation is 1. The van der Waals surface area contributed by atoms with E-state index in [1.54, 1.807) is 28.8 Å². The number of hydrogen-bond donors (Lipinski definition) is 1. The lowest BCUT2D eigenvalue weighted by molar-refractivity contribution is -0.113. The van der Waals surface area contributed by atoms with Crippen LogP contribution in [0.1, 0.15) is 24.4 Å². The van der Waals surface area contributed by atoms with Crippen LogP contribution < -0.4 is 10.1 Å². The fourth-order valence-electron chi connectivity index (χ4n) is 2.66. The number of nitrogens with one attached hydrogen (secondary N) is 1. The summed E-state index contributed by atoms with van der Waals surface area (Å²) in [7, 11) is 1.83. The molecule has 1 N–H and O–H groups in total. The van der Waals surface area contributed by atoms with Crippen LogP contribution in [0, 0.1) is 6.92 Å². The molecule has 1 unspecified atom stereocenters. The van der Waals surface area contributed by atoms with E-state index in [1.165, 1.54) is 11.8 Å². The Balaban J connectivity index is 1.60. The molecule has 0 aliphatic heterocycles. The van der Waals surface area contributed by atoms with E-state index in [0.29, 0.717) is 37.5 Å². The molecule has 1 amide bonds. The minimum absolute atomic E-state index is 0.149. The molecule has 0 spiro atoms. The third-order valence-corrected chi connectivity index (χ3v) is 6.20. The highest BCUT2D eigenvalue weighted by Crippen LogP contribution is 2.28. The summed E-state index contributed by atoms with van der Waals surface area (Å²) in [6.07, 6.45) is -0.334. The number of rotatable bonds is 7. The van der Waals surface area contributed by atoms with E-state index in [0.717, 1.165) is 5.56 Å². The third kappa shape index (κ3) is 5.60. The molecule has 2 aromatic carbocycles. The maximum absolute atomic E-state index is 12.3. The van der Waals surface area contributed by atoms with Crippen molar-refractivity contribution in [3.8, 4) is 5.75 Å². The van der Waals surface area contributed by atoms with Gasteiger partial charge in [-0.15, -0.1) is 10.2 Å². The zero-order valence-electron chi connectivity index (χ0n) is 16.4. The van der Waals surface area contributed by atoms with Crippen LogP contribution in [0.5, 0.6) is 5.75 Å². The molecule has 1 heterocycles. The normalized spacial score (nSPS) is 11.9. The Morgan fingerprint density at radius 3 is 2.63 bits per heavy atom. The molecule has 0 bridgehead atoms. The van der Waals surface area contributed by atoms with Crippen molar-refractivity contribution in [3.05, 3.63) is 62.9 Å². The molecule has 0 radical (unpaired) electrons. The van der Waals surface area contributed by atoms with Gasteiger partial charge in [0.2, 0.25) is 5.91 Å². The molecule has 30 heavy (non-hydrogen) atoms. The summed E-state index contributed by atoms with van der Waals surface area (Å²) in [4.78, 5) is 12.3. The van der Waals surface area contributed by atoms with Gasteiger partial charge in [0.05, 0.1) is 16.5 Å². The van der Waals surface area contributed by atoms with Crippen LogP contribution in [0.4, 0.5) is 5.69 Å². The van der Waals surface area contributed by atoms with E-state index in [2.05, 4.69) is 15.5 Å². The predicted octanol–water partition coefficient (Wildman–Crippen LogP) is 5.95. The first-order valence-corrected chi connectivity index (χ1v) is 11.1. The molecule has 0 saturated carbocycles. The van der Waals surface area contributed by atoms with Crippen molar-refractivity contribution < 1.29 is 9.53 Å². The number of thioether (sulfide) groups is 1.